The van der Waals surface area contributed by atoms with Crippen molar-refractivity contribution < 1.29 is 13.9 Å². The van der Waals surface area contributed by atoms with Gasteiger partial charge >= 0.3 is 0 Å². The Morgan fingerprint density at radius 1 is 1.32 bits per heavy atom. The molecule has 1 unspecified atom stereocenters. The molecule has 2 aromatic rings. The number of aryl methyl sites for hydroxylation is 1. The minimum absolute atomic E-state index is 0.147. The monoisotopic (exact) mass is 310 g/mol. The Bertz CT molecular complexity index is 619. The first-order valence-electron chi connectivity index (χ1n) is 7.34. The highest BCUT2D eigenvalue weighted by Crippen LogP contribution is 2.27. The largest absolute Gasteiger partial charge is 0.385 e. The van der Waals surface area contributed by atoms with Crippen LogP contribution in [0.25, 0.3) is 11.5 Å². The number of aliphatic hydroxyl groups excluding tert-OH is 1. The molecule has 0 fully saturated rings. The maximum Gasteiger partial charge on any atom is 0.272 e. The molecular weight excluding hydrogens is 290 g/mol. The molecule has 0 aliphatic heterocycles. The molecule has 0 aromatic carbocycles. The van der Waals surface area contributed by atoms with E-state index in [-0.39, 0.29) is 5.56 Å². The summed E-state index contributed by atoms with van der Waals surface area (Å²) in [7, 11) is 0. The van der Waals surface area contributed by atoms with Crippen molar-refractivity contribution in [3.8, 4) is 11.5 Å². The minimum atomic E-state index is -2.92. The third-order valence-corrected chi connectivity index (χ3v) is 3.31. The number of rotatable bonds is 6. The van der Waals surface area contributed by atoms with Crippen LogP contribution in [0.4, 0.5) is 8.78 Å². The summed E-state index contributed by atoms with van der Waals surface area (Å²) >= 11 is 0. The summed E-state index contributed by atoms with van der Waals surface area (Å²) in [5, 5.41) is 14.2. The Balaban J connectivity index is 2.40. The Labute approximate surface area is 128 Å². The van der Waals surface area contributed by atoms with Gasteiger partial charge in [0.1, 0.15) is 11.8 Å². The quantitative estimate of drug-likeness (QED) is 0.889. The van der Waals surface area contributed by atoms with Gasteiger partial charge in [0.25, 0.3) is 5.92 Å². The number of alkyl halides is 2. The van der Waals surface area contributed by atoms with Crippen molar-refractivity contribution in [3.05, 3.63) is 29.7 Å². The maximum absolute atomic E-state index is 13.2. The number of pyridine rings is 1. The summed E-state index contributed by atoms with van der Waals surface area (Å²) in [6, 6.07) is 2.84. The molecule has 0 spiro atoms. The lowest BCUT2D eigenvalue weighted by Crippen LogP contribution is -2.08. The Hall–Kier alpha value is -1.89. The van der Waals surface area contributed by atoms with E-state index in [1.807, 2.05) is 13.8 Å². The van der Waals surface area contributed by atoms with Crippen molar-refractivity contribution in [2.45, 2.75) is 52.2 Å². The molecule has 7 heteroatoms. The molecule has 22 heavy (non-hydrogen) atoms. The molecule has 0 amide bonds. The first-order chi connectivity index (χ1) is 10.4. The summed E-state index contributed by atoms with van der Waals surface area (Å²) in [5.74, 6) is -2.11. The van der Waals surface area contributed by atoms with Gasteiger partial charge in [-0.2, -0.15) is 5.10 Å². The molecule has 0 aliphatic carbocycles. The van der Waals surface area contributed by atoms with Crippen molar-refractivity contribution >= 4 is 0 Å². The van der Waals surface area contributed by atoms with Gasteiger partial charge in [-0.15, -0.1) is 0 Å². The number of halogens is 2. The lowest BCUT2D eigenvalue weighted by atomic mass is 10.1. The van der Waals surface area contributed by atoms with Gasteiger partial charge in [-0.3, -0.25) is 4.98 Å². The Kier molecular flexibility index (Phi) is 4.85. The summed E-state index contributed by atoms with van der Waals surface area (Å²) in [6.07, 6.45) is 1.75. The standard InChI is InChI=1S/C15H20F2N4O/c1-4-8-21-14(19-13(20-21)12(22)5-2)11-7-6-10(9-18-11)15(3,16)17/h6-7,9,12,22H,4-5,8H2,1-3H3. The number of aromatic nitrogens is 4. The van der Waals surface area contributed by atoms with Crippen LogP contribution < -0.4 is 0 Å². The van der Waals surface area contributed by atoms with Crippen LogP contribution in [0.2, 0.25) is 0 Å². The van der Waals surface area contributed by atoms with E-state index in [4.69, 9.17) is 0 Å². The molecule has 5 nitrogen and oxygen atoms in total. The lowest BCUT2D eigenvalue weighted by molar-refractivity contribution is 0.0171. The molecule has 0 radical (unpaired) electrons. The van der Waals surface area contributed by atoms with Crippen LogP contribution >= 0.6 is 0 Å². The molecule has 0 saturated heterocycles. The van der Waals surface area contributed by atoms with Crippen LogP contribution in [-0.2, 0) is 12.5 Å². The van der Waals surface area contributed by atoms with E-state index >= 15 is 0 Å². The van der Waals surface area contributed by atoms with Crippen LogP contribution in [0.1, 0.15) is 51.1 Å². The van der Waals surface area contributed by atoms with E-state index in [1.165, 1.54) is 12.1 Å². The molecule has 2 heterocycles. The zero-order valence-electron chi connectivity index (χ0n) is 12.9. The highest BCUT2D eigenvalue weighted by Gasteiger charge is 2.25. The number of aliphatic hydroxyl groups is 1. The fraction of sp³-hybridized carbons (Fsp3) is 0.533. The fourth-order valence-electron chi connectivity index (χ4n) is 2.03. The van der Waals surface area contributed by atoms with Crippen molar-refractivity contribution in [3.63, 3.8) is 0 Å². The van der Waals surface area contributed by atoms with Crippen LogP contribution in [0.3, 0.4) is 0 Å². The fourth-order valence-corrected chi connectivity index (χ4v) is 2.03. The van der Waals surface area contributed by atoms with E-state index < -0.39 is 12.0 Å². The Morgan fingerprint density at radius 2 is 2.05 bits per heavy atom. The minimum Gasteiger partial charge on any atom is -0.385 e. The first kappa shape index (κ1) is 16.5. The van der Waals surface area contributed by atoms with E-state index in [1.54, 1.807) is 4.68 Å². The third kappa shape index (κ3) is 3.47. The predicted molar refractivity (Wildman–Crippen MR) is 78.4 cm³/mol. The maximum atomic E-state index is 13.2. The van der Waals surface area contributed by atoms with Crippen LogP contribution in [-0.4, -0.2) is 24.9 Å². The smallest absolute Gasteiger partial charge is 0.272 e. The summed E-state index contributed by atoms with van der Waals surface area (Å²) < 4.78 is 28.1. The first-order valence-corrected chi connectivity index (χ1v) is 7.34. The van der Waals surface area contributed by atoms with Crippen LogP contribution in [0.5, 0.6) is 0 Å². The van der Waals surface area contributed by atoms with Crippen LogP contribution in [0.15, 0.2) is 18.3 Å². The average Bonchev–Trinajstić information content (AvgIpc) is 2.90. The van der Waals surface area contributed by atoms with E-state index in [2.05, 4.69) is 15.1 Å². The van der Waals surface area contributed by atoms with Gasteiger partial charge in [0.05, 0.1) is 0 Å². The summed E-state index contributed by atoms with van der Waals surface area (Å²) in [5.41, 5.74) is 0.315. The third-order valence-electron chi connectivity index (χ3n) is 3.31. The van der Waals surface area contributed by atoms with E-state index in [9.17, 15) is 13.9 Å². The summed E-state index contributed by atoms with van der Waals surface area (Å²) in [4.78, 5) is 8.39. The van der Waals surface area contributed by atoms with Crippen LogP contribution in [0, 0.1) is 0 Å². The number of hydrogen-bond donors (Lipinski definition) is 1. The lowest BCUT2D eigenvalue weighted by Gasteiger charge is -2.10. The molecule has 0 aliphatic rings. The summed E-state index contributed by atoms with van der Waals surface area (Å²) in [6.45, 7) is 5.28. The molecule has 2 rings (SSSR count). The van der Waals surface area contributed by atoms with Crippen molar-refractivity contribution in [2.75, 3.05) is 0 Å². The SMILES string of the molecule is CCCn1nc(C(O)CC)nc1-c1ccc(C(C)(F)F)cn1. The molecule has 1 N–H and O–H groups in total. The van der Waals surface area contributed by atoms with Crippen molar-refractivity contribution in [1.82, 2.24) is 19.7 Å². The molecule has 0 bridgehead atoms. The zero-order valence-corrected chi connectivity index (χ0v) is 12.9. The normalized spacial score (nSPS) is 13.4. The highest BCUT2D eigenvalue weighted by atomic mass is 19.3. The van der Waals surface area contributed by atoms with Gasteiger partial charge in [-0.25, -0.2) is 18.4 Å². The molecular formula is C15H20F2N4O. The number of nitrogens with zero attached hydrogens (tertiary/aromatic N) is 4. The van der Waals surface area contributed by atoms with Crippen molar-refractivity contribution in [2.24, 2.45) is 0 Å². The topological polar surface area (TPSA) is 63.8 Å². The van der Waals surface area contributed by atoms with E-state index in [0.717, 1.165) is 19.5 Å². The van der Waals surface area contributed by atoms with Gasteiger partial charge in [0.2, 0.25) is 0 Å². The second-order valence-electron chi connectivity index (χ2n) is 5.26. The average molecular weight is 310 g/mol. The Morgan fingerprint density at radius 3 is 2.55 bits per heavy atom. The molecule has 120 valence electrons. The number of hydrogen-bond acceptors (Lipinski definition) is 4. The predicted octanol–water partition coefficient (Wildman–Crippen LogP) is 3.31. The highest BCUT2D eigenvalue weighted by molar-refractivity contribution is 5.49. The molecule has 1 atom stereocenters. The molecule has 0 saturated carbocycles. The second kappa shape index (κ2) is 6.48. The van der Waals surface area contributed by atoms with Gasteiger partial charge in [-0.05, 0) is 25.0 Å². The van der Waals surface area contributed by atoms with E-state index in [0.29, 0.717) is 30.3 Å². The van der Waals surface area contributed by atoms with Gasteiger partial charge < -0.3 is 5.11 Å². The second-order valence-corrected chi connectivity index (χ2v) is 5.26. The zero-order chi connectivity index (χ0) is 16.3. The van der Waals surface area contributed by atoms with Gasteiger partial charge in [0.15, 0.2) is 11.6 Å². The van der Waals surface area contributed by atoms with Crippen molar-refractivity contribution in [1.29, 1.82) is 0 Å². The van der Waals surface area contributed by atoms with Gasteiger partial charge in [-0.1, -0.05) is 13.8 Å². The molecule has 2 aromatic heterocycles. The van der Waals surface area contributed by atoms with Gasteiger partial charge in [0, 0.05) is 25.2 Å².